The van der Waals surface area contributed by atoms with E-state index in [-0.39, 0.29) is 11.9 Å². The fourth-order valence-electron chi connectivity index (χ4n) is 2.28. The minimum absolute atomic E-state index is 0.132. The summed E-state index contributed by atoms with van der Waals surface area (Å²) in [5.41, 5.74) is 1.22. The summed E-state index contributed by atoms with van der Waals surface area (Å²) in [5, 5.41) is 5.79. The lowest BCUT2D eigenvalue weighted by molar-refractivity contribution is -0.131. The molecule has 0 aromatic heterocycles. The van der Waals surface area contributed by atoms with Gasteiger partial charge in [-0.05, 0) is 30.2 Å². The van der Waals surface area contributed by atoms with Crippen LogP contribution in [-0.2, 0) is 11.3 Å². The Kier molecular flexibility index (Phi) is 4.74. The number of likely N-dealkylation sites (N-methyl/N-ethyl adjacent to an activating group) is 1. The van der Waals surface area contributed by atoms with Crippen molar-refractivity contribution in [1.29, 1.82) is 0 Å². The predicted octanol–water partition coefficient (Wildman–Crippen LogP) is 2.80. The summed E-state index contributed by atoms with van der Waals surface area (Å²) in [7, 11) is 1.83. The van der Waals surface area contributed by atoms with Crippen LogP contribution in [0.2, 0.25) is 0 Å². The average Bonchev–Trinajstić information content (AvgIpc) is 2.50. The number of benzene rings is 2. The quantitative estimate of drug-likeness (QED) is 0.906. The molecule has 2 aromatic rings. The van der Waals surface area contributed by atoms with E-state index in [4.69, 9.17) is 0 Å². The molecule has 0 saturated carbocycles. The van der Waals surface area contributed by atoms with E-state index >= 15 is 0 Å². The van der Waals surface area contributed by atoms with E-state index in [1.165, 1.54) is 16.3 Å². The third kappa shape index (κ3) is 3.17. The SMILES string of the molecule is CCN(C)C(=O)C(C)NCc1cccc2ccccc12. The molecule has 2 aromatic carbocycles. The van der Waals surface area contributed by atoms with Crippen molar-refractivity contribution in [3.05, 3.63) is 48.0 Å². The van der Waals surface area contributed by atoms with Gasteiger partial charge in [-0.15, -0.1) is 0 Å². The smallest absolute Gasteiger partial charge is 0.239 e. The van der Waals surface area contributed by atoms with Crippen LogP contribution < -0.4 is 5.32 Å². The summed E-state index contributed by atoms with van der Waals surface area (Å²) in [6, 6.07) is 14.4. The van der Waals surface area contributed by atoms with Crippen LogP contribution in [-0.4, -0.2) is 30.4 Å². The van der Waals surface area contributed by atoms with Crippen LogP contribution in [0.5, 0.6) is 0 Å². The average molecular weight is 270 g/mol. The number of nitrogens with zero attached hydrogens (tertiary/aromatic N) is 1. The van der Waals surface area contributed by atoms with Gasteiger partial charge in [0.1, 0.15) is 0 Å². The van der Waals surface area contributed by atoms with Crippen molar-refractivity contribution >= 4 is 16.7 Å². The van der Waals surface area contributed by atoms with Crippen LogP contribution in [0.4, 0.5) is 0 Å². The number of hydrogen-bond donors (Lipinski definition) is 1. The first-order chi connectivity index (χ1) is 9.63. The molecule has 0 bridgehead atoms. The highest BCUT2D eigenvalue weighted by Gasteiger charge is 2.15. The van der Waals surface area contributed by atoms with Crippen molar-refractivity contribution in [3.8, 4) is 0 Å². The Bertz CT molecular complexity index is 589. The van der Waals surface area contributed by atoms with E-state index in [2.05, 4.69) is 35.6 Å². The first-order valence-corrected chi connectivity index (χ1v) is 7.08. The summed E-state index contributed by atoms with van der Waals surface area (Å²) in [5.74, 6) is 0.132. The number of rotatable bonds is 5. The molecule has 20 heavy (non-hydrogen) atoms. The molecule has 3 heteroatoms. The van der Waals surface area contributed by atoms with Gasteiger partial charge in [0.15, 0.2) is 0 Å². The molecule has 3 nitrogen and oxygen atoms in total. The molecule has 1 amide bonds. The summed E-state index contributed by atoms with van der Waals surface area (Å²) in [4.78, 5) is 13.8. The van der Waals surface area contributed by atoms with Gasteiger partial charge in [0, 0.05) is 20.1 Å². The van der Waals surface area contributed by atoms with Gasteiger partial charge in [-0.2, -0.15) is 0 Å². The maximum absolute atomic E-state index is 12.0. The third-order valence-electron chi connectivity index (χ3n) is 3.70. The van der Waals surface area contributed by atoms with Crippen molar-refractivity contribution in [3.63, 3.8) is 0 Å². The van der Waals surface area contributed by atoms with Gasteiger partial charge in [0.05, 0.1) is 6.04 Å². The minimum Gasteiger partial charge on any atom is -0.345 e. The fourth-order valence-corrected chi connectivity index (χ4v) is 2.28. The monoisotopic (exact) mass is 270 g/mol. The van der Waals surface area contributed by atoms with E-state index in [0.717, 1.165) is 6.54 Å². The van der Waals surface area contributed by atoms with Gasteiger partial charge in [-0.3, -0.25) is 4.79 Å². The van der Waals surface area contributed by atoms with Gasteiger partial charge in [0.25, 0.3) is 0 Å². The molecule has 0 aliphatic rings. The maximum atomic E-state index is 12.0. The highest BCUT2D eigenvalue weighted by molar-refractivity contribution is 5.85. The number of nitrogens with one attached hydrogen (secondary N) is 1. The Labute approximate surface area is 120 Å². The lowest BCUT2D eigenvalue weighted by Crippen LogP contribution is -2.42. The van der Waals surface area contributed by atoms with Crippen LogP contribution in [0.3, 0.4) is 0 Å². The van der Waals surface area contributed by atoms with Crippen molar-refractivity contribution in [2.24, 2.45) is 0 Å². The summed E-state index contributed by atoms with van der Waals surface area (Å²) in [6.45, 7) is 5.33. The minimum atomic E-state index is -0.168. The second kappa shape index (κ2) is 6.53. The maximum Gasteiger partial charge on any atom is 0.239 e. The van der Waals surface area contributed by atoms with Gasteiger partial charge in [0.2, 0.25) is 5.91 Å². The van der Waals surface area contributed by atoms with Gasteiger partial charge >= 0.3 is 0 Å². The summed E-state index contributed by atoms with van der Waals surface area (Å²) < 4.78 is 0. The predicted molar refractivity (Wildman–Crippen MR) is 83.6 cm³/mol. The zero-order valence-electron chi connectivity index (χ0n) is 12.4. The van der Waals surface area contributed by atoms with Crippen molar-refractivity contribution in [2.45, 2.75) is 26.4 Å². The van der Waals surface area contributed by atoms with Crippen LogP contribution in [0, 0.1) is 0 Å². The summed E-state index contributed by atoms with van der Waals surface area (Å²) in [6.07, 6.45) is 0. The van der Waals surface area contributed by atoms with E-state index in [1.54, 1.807) is 4.90 Å². The molecule has 0 aliphatic carbocycles. The number of fused-ring (bicyclic) bond motifs is 1. The first-order valence-electron chi connectivity index (χ1n) is 7.08. The van der Waals surface area contributed by atoms with Crippen LogP contribution in [0.1, 0.15) is 19.4 Å². The highest BCUT2D eigenvalue weighted by atomic mass is 16.2. The Morgan fingerprint density at radius 2 is 1.90 bits per heavy atom. The van der Waals surface area contributed by atoms with E-state index in [0.29, 0.717) is 6.54 Å². The van der Waals surface area contributed by atoms with Crippen LogP contribution in [0.25, 0.3) is 10.8 Å². The Hall–Kier alpha value is -1.87. The summed E-state index contributed by atoms with van der Waals surface area (Å²) >= 11 is 0. The molecule has 1 N–H and O–H groups in total. The number of amides is 1. The molecular formula is C17H22N2O. The number of hydrogen-bond acceptors (Lipinski definition) is 2. The molecular weight excluding hydrogens is 248 g/mol. The van der Waals surface area contributed by atoms with Gasteiger partial charge in [-0.25, -0.2) is 0 Å². The molecule has 0 aliphatic heterocycles. The second-order valence-electron chi connectivity index (χ2n) is 5.09. The molecule has 106 valence electrons. The molecule has 0 saturated heterocycles. The molecule has 0 radical (unpaired) electrons. The van der Waals surface area contributed by atoms with E-state index < -0.39 is 0 Å². The molecule has 1 atom stereocenters. The second-order valence-corrected chi connectivity index (χ2v) is 5.09. The van der Waals surface area contributed by atoms with E-state index in [9.17, 15) is 4.79 Å². The number of carbonyl (C=O) groups is 1. The Morgan fingerprint density at radius 1 is 1.20 bits per heavy atom. The molecule has 0 heterocycles. The molecule has 2 rings (SSSR count). The lowest BCUT2D eigenvalue weighted by Gasteiger charge is -2.21. The van der Waals surface area contributed by atoms with Crippen molar-refractivity contribution < 1.29 is 4.79 Å². The Balaban J connectivity index is 2.08. The normalized spacial score (nSPS) is 12.3. The molecule has 1 unspecified atom stereocenters. The van der Waals surface area contributed by atoms with Gasteiger partial charge < -0.3 is 10.2 Å². The highest BCUT2D eigenvalue weighted by Crippen LogP contribution is 2.18. The van der Waals surface area contributed by atoms with Crippen molar-refractivity contribution in [2.75, 3.05) is 13.6 Å². The number of carbonyl (C=O) groups excluding carboxylic acids is 1. The largest absolute Gasteiger partial charge is 0.345 e. The fraction of sp³-hybridized carbons (Fsp3) is 0.353. The standard InChI is InChI=1S/C17H22N2O/c1-4-19(3)17(20)13(2)18-12-15-10-7-9-14-8-5-6-11-16(14)15/h5-11,13,18H,4,12H2,1-3H3. The topological polar surface area (TPSA) is 32.3 Å². The van der Waals surface area contributed by atoms with Crippen molar-refractivity contribution in [1.82, 2.24) is 10.2 Å². The third-order valence-corrected chi connectivity index (χ3v) is 3.70. The molecule has 0 spiro atoms. The van der Waals surface area contributed by atoms with Crippen LogP contribution >= 0.6 is 0 Å². The van der Waals surface area contributed by atoms with Crippen LogP contribution in [0.15, 0.2) is 42.5 Å². The van der Waals surface area contributed by atoms with E-state index in [1.807, 2.05) is 33.0 Å². The molecule has 0 fully saturated rings. The van der Waals surface area contributed by atoms with Gasteiger partial charge in [-0.1, -0.05) is 42.5 Å². The zero-order chi connectivity index (χ0) is 14.5. The Morgan fingerprint density at radius 3 is 2.65 bits per heavy atom. The first kappa shape index (κ1) is 14.5. The zero-order valence-corrected chi connectivity index (χ0v) is 12.4. The lowest BCUT2D eigenvalue weighted by atomic mass is 10.0.